The smallest absolute Gasteiger partial charge is 0.212 e. The third-order valence-corrected chi connectivity index (χ3v) is 4.16. The van der Waals surface area contributed by atoms with Gasteiger partial charge in [0.1, 0.15) is 0 Å². The first-order valence-corrected chi connectivity index (χ1v) is 5.97. The lowest BCUT2D eigenvalue weighted by Gasteiger charge is -2.21. The minimum atomic E-state index is -3.39. The summed E-state index contributed by atoms with van der Waals surface area (Å²) in [4.78, 5) is 0. The molecule has 8 heteroatoms. The van der Waals surface area contributed by atoms with Crippen LogP contribution in [0.15, 0.2) is 0 Å². The van der Waals surface area contributed by atoms with Crippen molar-refractivity contribution in [1.82, 2.24) is 25.3 Å². The molecule has 0 saturated heterocycles. The molecule has 0 saturated carbocycles. The van der Waals surface area contributed by atoms with Crippen molar-refractivity contribution in [3.05, 3.63) is 5.82 Å². The maximum Gasteiger partial charge on any atom is 0.217 e. The molecule has 1 rings (SSSR count). The van der Waals surface area contributed by atoms with Crippen LogP contribution in [0.1, 0.15) is 39.6 Å². The number of aromatic amines is 1. The third-order valence-electron chi connectivity index (χ3n) is 1.89. The summed E-state index contributed by atoms with van der Waals surface area (Å²) >= 11 is 0. The van der Waals surface area contributed by atoms with Gasteiger partial charge >= 0.3 is 0 Å². The quantitative estimate of drug-likeness (QED) is 0.764. The second kappa shape index (κ2) is 3.86. The van der Waals surface area contributed by atoms with Crippen LogP contribution in [0, 0.1) is 0 Å². The van der Waals surface area contributed by atoms with Gasteiger partial charge < -0.3 is 0 Å². The molecular formula is C7H15N5O2S. The minimum absolute atomic E-state index is 0.322. The summed E-state index contributed by atoms with van der Waals surface area (Å²) < 4.78 is 25.2. The van der Waals surface area contributed by atoms with E-state index in [1.165, 1.54) is 0 Å². The van der Waals surface area contributed by atoms with Gasteiger partial charge in [-0.25, -0.2) is 13.1 Å². The summed E-state index contributed by atoms with van der Waals surface area (Å²) in [5.41, 5.74) is 0. The summed E-state index contributed by atoms with van der Waals surface area (Å²) in [7, 11) is -3.39. The Morgan fingerprint density at radius 1 is 1.40 bits per heavy atom. The Labute approximate surface area is 88.7 Å². The summed E-state index contributed by atoms with van der Waals surface area (Å²) in [5.74, 6) is 0.322. The van der Waals surface area contributed by atoms with Gasteiger partial charge in [0.2, 0.25) is 10.0 Å². The fourth-order valence-corrected chi connectivity index (χ4v) is 1.74. The molecule has 15 heavy (non-hydrogen) atoms. The fourth-order valence-electron chi connectivity index (χ4n) is 0.815. The van der Waals surface area contributed by atoms with E-state index in [-0.39, 0.29) is 0 Å². The number of aromatic nitrogens is 4. The van der Waals surface area contributed by atoms with Crippen molar-refractivity contribution < 1.29 is 8.42 Å². The number of rotatable bonds is 3. The number of tetrazole rings is 1. The number of nitrogens with zero attached hydrogens (tertiary/aromatic N) is 3. The molecule has 1 heterocycles. The van der Waals surface area contributed by atoms with E-state index in [0.717, 1.165) is 0 Å². The maximum atomic E-state index is 11.8. The van der Waals surface area contributed by atoms with Crippen molar-refractivity contribution in [1.29, 1.82) is 0 Å². The molecule has 0 aliphatic rings. The summed E-state index contributed by atoms with van der Waals surface area (Å²) in [6.45, 7) is 6.53. The highest BCUT2D eigenvalue weighted by Crippen LogP contribution is 2.16. The van der Waals surface area contributed by atoms with Crippen LogP contribution < -0.4 is 4.72 Å². The molecule has 1 atom stereocenters. The molecule has 86 valence electrons. The standard InChI is InChI=1S/C7H15N5O2S/c1-5(6-8-11-12-9-6)10-15(13,14)7(2,3)4/h5,10H,1-4H3,(H,8,9,11,12). The molecule has 0 aliphatic heterocycles. The second-order valence-electron chi connectivity index (χ2n) is 4.23. The van der Waals surface area contributed by atoms with Crippen LogP contribution in [0.5, 0.6) is 0 Å². The van der Waals surface area contributed by atoms with Gasteiger partial charge in [-0.3, -0.25) is 0 Å². The number of hydrogen-bond donors (Lipinski definition) is 2. The molecule has 1 unspecified atom stereocenters. The Kier molecular flexibility index (Phi) is 3.10. The highest BCUT2D eigenvalue weighted by Gasteiger charge is 2.31. The highest BCUT2D eigenvalue weighted by molar-refractivity contribution is 7.90. The summed E-state index contributed by atoms with van der Waals surface area (Å²) in [6, 6.07) is -0.493. The summed E-state index contributed by atoms with van der Waals surface area (Å²) in [5, 5.41) is 13.1. The predicted octanol–water partition coefficient (Wildman–Crippen LogP) is -0.0214. The maximum absolute atomic E-state index is 11.8. The van der Waals surface area contributed by atoms with E-state index in [2.05, 4.69) is 25.3 Å². The van der Waals surface area contributed by atoms with Gasteiger partial charge in [0, 0.05) is 0 Å². The second-order valence-corrected chi connectivity index (χ2v) is 6.69. The van der Waals surface area contributed by atoms with Crippen LogP contribution in [0.3, 0.4) is 0 Å². The van der Waals surface area contributed by atoms with Gasteiger partial charge in [-0.05, 0) is 27.7 Å². The largest absolute Gasteiger partial charge is 0.217 e. The van der Waals surface area contributed by atoms with Crippen LogP contribution >= 0.6 is 0 Å². The van der Waals surface area contributed by atoms with Crippen molar-refractivity contribution in [3.63, 3.8) is 0 Å². The lowest BCUT2D eigenvalue weighted by Crippen LogP contribution is -2.40. The van der Waals surface area contributed by atoms with E-state index in [1.54, 1.807) is 27.7 Å². The van der Waals surface area contributed by atoms with Gasteiger partial charge in [0.25, 0.3) is 0 Å². The first-order valence-electron chi connectivity index (χ1n) is 4.49. The number of nitrogens with one attached hydrogen (secondary N) is 2. The molecule has 7 nitrogen and oxygen atoms in total. The molecule has 0 bridgehead atoms. The fraction of sp³-hybridized carbons (Fsp3) is 0.857. The van der Waals surface area contributed by atoms with E-state index in [4.69, 9.17) is 0 Å². The number of hydrogen-bond acceptors (Lipinski definition) is 5. The van der Waals surface area contributed by atoms with Gasteiger partial charge in [-0.1, -0.05) is 5.21 Å². The van der Waals surface area contributed by atoms with Crippen LogP contribution in [0.4, 0.5) is 0 Å². The van der Waals surface area contributed by atoms with Crippen LogP contribution in [-0.4, -0.2) is 33.8 Å². The predicted molar refractivity (Wildman–Crippen MR) is 54.4 cm³/mol. The lowest BCUT2D eigenvalue weighted by atomic mass is 10.3. The van der Waals surface area contributed by atoms with Crippen molar-refractivity contribution in [2.45, 2.75) is 38.5 Å². The van der Waals surface area contributed by atoms with Crippen LogP contribution in [0.2, 0.25) is 0 Å². The van der Waals surface area contributed by atoms with E-state index in [9.17, 15) is 8.42 Å². The van der Waals surface area contributed by atoms with Crippen LogP contribution in [0.25, 0.3) is 0 Å². The zero-order valence-corrected chi connectivity index (χ0v) is 9.96. The third kappa shape index (κ3) is 2.72. The SMILES string of the molecule is CC(NS(=O)(=O)C(C)(C)C)c1nn[nH]n1. The normalized spacial score (nSPS) is 15.2. The molecule has 0 radical (unpaired) electrons. The minimum Gasteiger partial charge on any atom is -0.212 e. The summed E-state index contributed by atoms with van der Waals surface area (Å²) in [6.07, 6.45) is 0. The van der Waals surface area contributed by atoms with Gasteiger partial charge in [0.15, 0.2) is 5.82 Å². The Balaban J connectivity index is 2.80. The molecule has 2 N–H and O–H groups in total. The zero-order valence-electron chi connectivity index (χ0n) is 9.14. The van der Waals surface area contributed by atoms with Gasteiger partial charge in [0.05, 0.1) is 10.8 Å². The van der Waals surface area contributed by atoms with Gasteiger partial charge in [-0.15, -0.1) is 10.2 Å². The van der Waals surface area contributed by atoms with Crippen molar-refractivity contribution in [2.75, 3.05) is 0 Å². The van der Waals surface area contributed by atoms with Crippen molar-refractivity contribution in [2.24, 2.45) is 0 Å². The van der Waals surface area contributed by atoms with E-state index < -0.39 is 20.8 Å². The number of H-pyrrole nitrogens is 1. The highest BCUT2D eigenvalue weighted by atomic mass is 32.2. The molecule has 1 aromatic heterocycles. The van der Waals surface area contributed by atoms with Gasteiger partial charge in [-0.2, -0.15) is 5.21 Å². The Hall–Kier alpha value is -1.02. The van der Waals surface area contributed by atoms with Crippen molar-refractivity contribution >= 4 is 10.0 Å². The van der Waals surface area contributed by atoms with Crippen LogP contribution in [-0.2, 0) is 10.0 Å². The monoisotopic (exact) mass is 233 g/mol. The average Bonchev–Trinajstić information content (AvgIpc) is 2.51. The van der Waals surface area contributed by atoms with Crippen molar-refractivity contribution in [3.8, 4) is 0 Å². The van der Waals surface area contributed by atoms with E-state index in [0.29, 0.717) is 5.82 Å². The Bertz CT molecular complexity index is 405. The lowest BCUT2D eigenvalue weighted by molar-refractivity contribution is 0.527. The molecule has 0 spiro atoms. The molecule has 0 aliphatic carbocycles. The Morgan fingerprint density at radius 2 is 2.00 bits per heavy atom. The van der Waals surface area contributed by atoms with E-state index >= 15 is 0 Å². The first kappa shape index (κ1) is 12.1. The topological polar surface area (TPSA) is 101 Å². The average molecular weight is 233 g/mol. The number of sulfonamides is 1. The molecule has 0 amide bonds. The molecule has 1 aromatic rings. The molecule has 0 fully saturated rings. The molecule has 0 aromatic carbocycles. The molecular weight excluding hydrogens is 218 g/mol. The zero-order chi connectivity index (χ0) is 11.7. The van der Waals surface area contributed by atoms with E-state index in [1.807, 2.05) is 0 Å². The first-order chi connectivity index (χ1) is 6.74. The Morgan fingerprint density at radius 3 is 2.40 bits per heavy atom.